The first-order chi connectivity index (χ1) is 9.58. The molecule has 1 amide bonds. The minimum Gasteiger partial charge on any atom is -0.508 e. The Hall–Kier alpha value is -0.890. The molecule has 20 heavy (non-hydrogen) atoms. The topological polar surface area (TPSA) is 54.3 Å². The van der Waals surface area contributed by atoms with E-state index in [1.165, 1.54) is 5.56 Å². The van der Waals surface area contributed by atoms with Crippen LogP contribution in [0.3, 0.4) is 0 Å². The molecule has 1 aromatic heterocycles. The van der Waals surface area contributed by atoms with Gasteiger partial charge < -0.3 is 10.4 Å². The van der Waals surface area contributed by atoms with Gasteiger partial charge in [0.2, 0.25) is 5.91 Å². The summed E-state index contributed by atoms with van der Waals surface area (Å²) < 4.78 is 2.15. The Morgan fingerprint density at radius 2 is 2.25 bits per heavy atom. The summed E-state index contributed by atoms with van der Waals surface area (Å²) >= 11 is 2.25. The second kappa shape index (κ2) is 6.71. The van der Waals surface area contributed by atoms with Crippen LogP contribution in [0.15, 0.2) is 18.2 Å². The highest BCUT2D eigenvalue weighted by atomic mass is 127. The third kappa shape index (κ3) is 3.06. The molecule has 6 heteroatoms. The molecule has 0 unspecified atom stereocenters. The van der Waals surface area contributed by atoms with Gasteiger partial charge in [-0.3, -0.25) is 8.77 Å². The Kier molecular flexibility index (Phi) is 5.20. The average Bonchev–Trinajstić information content (AvgIpc) is 2.70. The lowest BCUT2D eigenvalue weighted by Crippen LogP contribution is -2.24. The van der Waals surface area contributed by atoms with Crippen molar-refractivity contribution in [3.63, 3.8) is 0 Å². The molecule has 0 spiro atoms. The Morgan fingerprint density at radius 3 is 2.90 bits per heavy atom. The smallest absolute Gasteiger partial charge is 0.219 e. The zero-order valence-corrected chi connectivity index (χ0v) is 14.4. The SMILES string of the molecule is CCC(=O)NCCc1c(C)n(SI)c2ccc(O)cc12. The number of phenolic OH excluding ortho intramolecular Hbond substituents is 1. The van der Waals surface area contributed by atoms with Gasteiger partial charge in [0.05, 0.1) is 5.52 Å². The van der Waals surface area contributed by atoms with E-state index >= 15 is 0 Å². The van der Waals surface area contributed by atoms with Crippen molar-refractivity contribution in [2.24, 2.45) is 0 Å². The van der Waals surface area contributed by atoms with Crippen molar-refractivity contribution in [1.82, 2.24) is 9.29 Å². The minimum absolute atomic E-state index is 0.0671. The lowest BCUT2D eigenvalue weighted by molar-refractivity contribution is -0.120. The first-order valence-electron chi connectivity index (χ1n) is 6.47. The van der Waals surface area contributed by atoms with Crippen molar-refractivity contribution in [3.8, 4) is 5.75 Å². The molecule has 1 aromatic carbocycles. The summed E-state index contributed by atoms with van der Waals surface area (Å²) in [7, 11) is 1.61. The standard InChI is InChI=1S/C14H17IN2O2S/c1-3-14(19)16-7-6-11-9(2)17(20-15)13-5-4-10(18)8-12(11)13/h4-5,8,18H,3,6-7H2,1-2H3,(H,16,19). The van der Waals surface area contributed by atoms with Gasteiger partial charge in [0.25, 0.3) is 0 Å². The highest BCUT2D eigenvalue weighted by Gasteiger charge is 2.14. The van der Waals surface area contributed by atoms with Crippen molar-refractivity contribution in [1.29, 1.82) is 0 Å². The molecule has 108 valence electrons. The van der Waals surface area contributed by atoms with E-state index in [0.29, 0.717) is 13.0 Å². The number of benzene rings is 1. The van der Waals surface area contributed by atoms with Crippen LogP contribution in [-0.2, 0) is 11.2 Å². The molecule has 2 aromatic rings. The maximum Gasteiger partial charge on any atom is 0.219 e. The second-order valence-corrected chi connectivity index (χ2v) is 6.27. The molecule has 2 rings (SSSR count). The number of rotatable bonds is 5. The van der Waals surface area contributed by atoms with Gasteiger partial charge in [-0.15, -0.1) is 0 Å². The van der Waals surface area contributed by atoms with Crippen molar-refractivity contribution in [2.75, 3.05) is 6.54 Å². The fourth-order valence-corrected chi connectivity index (χ4v) is 4.27. The number of phenols is 1. The number of hydrogen-bond donors (Lipinski definition) is 2. The van der Waals surface area contributed by atoms with E-state index in [2.05, 4.69) is 37.4 Å². The van der Waals surface area contributed by atoms with Gasteiger partial charge in [-0.25, -0.2) is 0 Å². The van der Waals surface area contributed by atoms with Crippen molar-refractivity contribution >= 4 is 47.1 Å². The van der Waals surface area contributed by atoms with Crippen LogP contribution in [0.2, 0.25) is 0 Å². The number of hydrogen-bond acceptors (Lipinski definition) is 3. The molecule has 0 saturated heterocycles. The van der Waals surface area contributed by atoms with Gasteiger partial charge in [0.15, 0.2) is 0 Å². The van der Waals surface area contributed by atoms with E-state index in [1.54, 1.807) is 21.3 Å². The highest BCUT2D eigenvalue weighted by molar-refractivity contribution is 14.2. The summed E-state index contributed by atoms with van der Waals surface area (Å²) in [6.07, 6.45) is 1.27. The predicted octanol–water partition coefficient (Wildman–Crippen LogP) is 3.57. The number of halogens is 1. The van der Waals surface area contributed by atoms with E-state index in [1.807, 2.05) is 13.0 Å². The van der Waals surface area contributed by atoms with Gasteiger partial charge in [-0.1, -0.05) is 6.92 Å². The highest BCUT2D eigenvalue weighted by Crippen LogP contribution is 2.34. The van der Waals surface area contributed by atoms with Crippen LogP contribution in [0.4, 0.5) is 0 Å². The fraction of sp³-hybridized carbons (Fsp3) is 0.357. The van der Waals surface area contributed by atoms with Crippen LogP contribution in [0.25, 0.3) is 10.9 Å². The summed E-state index contributed by atoms with van der Waals surface area (Å²) in [6.45, 7) is 4.53. The van der Waals surface area contributed by atoms with E-state index in [4.69, 9.17) is 0 Å². The van der Waals surface area contributed by atoms with Crippen molar-refractivity contribution in [2.45, 2.75) is 26.7 Å². The van der Waals surface area contributed by atoms with Gasteiger partial charge in [0.1, 0.15) is 5.75 Å². The van der Waals surface area contributed by atoms with E-state index < -0.39 is 0 Å². The molecule has 0 saturated carbocycles. The number of carbonyl (C=O) groups is 1. The van der Waals surface area contributed by atoms with Crippen LogP contribution in [0.5, 0.6) is 5.75 Å². The van der Waals surface area contributed by atoms with E-state index in [0.717, 1.165) is 23.0 Å². The van der Waals surface area contributed by atoms with Crippen LogP contribution >= 0.6 is 30.3 Å². The minimum atomic E-state index is 0.0671. The van der Waals surface area contributed by atoms with Crippen molar-refractivity contribution < 1.29 is 9.90 Å². The first-order valence-corrected chi connectivity index (χ1v) is 9.78. The maximum absolute atomic E-state index is 11.3. The van der Waals surface area contributed by atoms with Crippen molar-refractivity contribution in [3.05, 3.63) is 29.5 Å². The lowest BCUT2D eigenvalue weighted by Gasteiger charge is -2.05. The third-order valence-electron chi connectivity index (χ3n) is 3.35. The molecule has 0 atom stereocenters. The Bertz CT molecular complexity index is 640. The number of aromatic nitrogens is 1. The summed E-state index contributed by atoms with van der Waals surface area (Å²) in [5.41, 5.74) is 3.43. The van der Waals surface area contributed by atoms with Crippen LogP contribution in [-0.4, -0.2) is 21.5 Å². The zero-order valence-electron chi connectivity index (χ0n) is 11.4. The first kappa shape index (κ1) is 15.5. The molecule has 0 aliphatic carbocycles. The van der Waals surface area contributed by atoms with E-state index in [9.17, 15) is 9.90 Å². The molecular formula is C14H17IN2O2S. The summed E-state index contributed by atoms with van der Waals surface area (Å²) in [5.74, 6) is 0.337. The van der Waals surface area contributed by atoms with Gasteiger partial charge in [-0.05, 0) is 37.1 Å². The van der Waals surface area contributed by atoms with E-state index in [-0.39, 0.29) is 11.7 Å². The molecule has 2 N–H and O–H groups in total. The Balaban J connectivity index is 2.34. The molecular weight excluding hydrogens is 387 g/mol. The third-order valence-corrected chi connectivity index (χ3v) is 5.14. The Morgan fingerprint density at radius 1 is 1.50 bits per heavy atom. The monoisotopic (exact) mass is 404 g/mol. The molecule has 0 bridgehead atoms. The number of aromatic hydroxyl groups is 1. The number of carbonyl (C=O) groups excluding carboxylic acids is 1. The van der Waals surface area contributed by atoms with Gasteiger partial charge in [0, 0.05) is 54.4 Å². The average molecular weight is 404 g/mol. The maximum atomic E-state index is 11.3. The number of fused-ring (bicyclic) bond motifs is 1. The van der Waals surface area contributed by atoms with Crippen LogP contribution < -0.4 is 5.32 Å². The second-order valence-electron chi connectivity index (χ2n) is 4.58. The molecule has 0 aliphatic rings. The molecule has 1 heterocycles. The number of nitrogens with zero attached hydrogens (tertiary/aromatic N) is 1. The van der Waals surface area contributed by atoms with Crippen LogP contribution in [0.1, 0.15) is 24.6 Å². The number of nitrogens with one attached hydrogen (secondary N) is 1. The summed E-state index contributed by atoms with van der Waals surface area (Å²) in [6, 6.07) is 5.42. The van der Waals surface area contributed by atoms with Crippen LogP contribution in [0, 0.1) is 6.92 Å². The predicted molar refractivity (Wildman–Crippen MR) is 92.4 cm³/mol. The quantitative estimate of drug-likeness (QED) is 0.750. The Labute approximate surface area is 134 Å². The molecule has 0 aliphatic heterocycles. The van der Waals surface area contributed by atoms with Gasteiger partial charge >= 0.3 is 0 Å². The molecule has 4 nitrogen and oxygen atoms in total. The number of amides is 1. The molecule has 0 radical (unpaired) electrons. The largest absolute Gasteiger partial charge is 0.508 e. The lowest BCUT2D eigenvalue weighted by atomic mass is 10.1. The summed E-state index contributed by atoms with van der Waals surface area (Å²) in [5, 5.41) is 13.6. The zero-order chi connectivity index (χ0) is 14.7. The fourth-order valence-electron chi connectivity index (χ4n) is 2.30. The van der Waals surface area contributed by atoms with Gasteiger partial charge in [-0.2, -0.15) is 0 Å². The molecule has 0 fully saturated rings. The normalized spacial score (nSPS) is 10.9. The summed E-state index contributed by atoms with van der Waals surface area (Å²) in [4.78, 5) is 11.3.